The molecule has 4 heteroatoms. The van der Waals surface area contributed by atoms with Crippen molar-refractivity contribution >= 4 is 5.71 Å². The summed E-state index contributed by atoms with van der Waals surface area (Å²) < 4.78 is 0. The van der Waals surface area contributed by atoms with E-state index in [0.29, 0.717) is 11.8 Å². The van der Waals surface area contributed by atoms with Gasteiger partial charge in [-0.25, -0.2) is 0 Å². The second kappa shape index (κ2) is 15.0. The first-order valence-corrected chi connectivity index (χ1v) is 13.4. The number of nitrogens with one attached hydrogen (secondary N) is 2. The fourth-order valence-corrected chi connectivity index (χ4v) is 4.75. The fourth-order valence-electron chi connectivity index (χ4n) is 4.75. The summed E-state index contributed by atoms with van der Waals surface area (Å²) in [4.78, 5) is 4.68. The number of hydrogen-bond acceptors (Lipinski definition) is 4. The molecule has 0 saturated heterocycles. The Morgan fingerprint density at radius 3 is 2.14 bits per heavy atom. The summed E-state index contributed by atoms with van der Waals surface area (Å²) >= 11 is 0. The van der Waals surface area contributed by atoms with E-state index in [9.17, 15) is 5.26 Å². The molecule has 0 bridgehead atoms. The molecule has 0 aromatic carbocycles. The first-order chi connectivity index (χ1) is 16.2. The highest BCUT2D eigenvalue weighted by molar-refractivity contribution is 5.90. The molecule has 0 aliphatic carbocycles. The van der Waals surface area contributed by atoms with Crippen molar-refractivity contribution in [1.82, 2.24) is 10.6 Å². The number of hydrogen-bond donors (Lipinski definition) is 2. The van der Waals surface area contributed by atoms with Crippen molar-refractivity contribution in [2.24, 2.45) is 33.6 Å². The second-order valence-electron chi connectivity index (χ2n) is 11.4. The molecule has 0 amide bonds. The van der Waals surface area contributed by atoms with Gasteiger partial charge in [-0.2, -0.15) is 5.26 Å². The summed E-state index contributed by atoms with van der Waals surface area (Å²) in [5.74, 6) is 1.31. The summed E-state index contributed by atoms with van der Waals surface area (Å²) in [5.41, 5.74) is 3.65. The molecule has 198 valence electrons. The third-order valence-electron chi connectivity index (χ3n) is 7.17. The molecule has 0 rings (SSSR count). The Balaban J connectivity index is 5.34. The van der Waals surface area contributed by atoms with Crippen LogP contribution in [-0.2, 0) is 0 Å². The van der Waals surface area contributed by atoms with E-state index in [2.05, 4.69) is 116 Å². The fraction of sp³-hybridized carbons (Fsp3) is 0.677. The maximum atomic E-state index is 9.77. The smallest absolute Gasteiger partial charge is 0.0948 e. The Labute approximate surface area is 217 Å². The second-order valence-corrected chi connectivity index (χ2v) is 11.4. The van der Waals surface area contributed by atoms with Crippen LogP contribution in [0.25, 0.3) is 0 Å². The third-order valence-corrected chi connectivity index (χ3v) is 7.17. The van der Waals surface area contributed by atoms with Crippen LogP contribution in [0.3, 0.4) is 0 Å². The first-order valence-electron chi connectivity index (χ1n) is 13.4. The molecule has 0 aliphatic rings. The Hall–Kier alpha value is -2.28. The van der Waals surface area contributed by atoms with Gasteiger partial charge in [0.1, 0.15) is 0 Å². The van der Waals surface area contributed by atoms with E-state index in [0.717, 1.165) is 42.1 Å². The van der Waals surface area contributed by atoms with Crippen molar-refractivity contribution in [3.05, 3.63) is 48.1 Å². The third kappa shape index (κ3) is 10.5. The Morgan fingerprint density at radius 1 is 1.11 bits per heavy atom. The van der Waals surface area contributed by atoms with Crippen LogP contribution in [-0.4, -0.2) is 11.8 Å². The molecular formula is C31H54N4. The minimum absolute atomic E-state index is 0.201. The average molecular weight is 483 g/mol. The topological polar surface area (TPSA) is 60.2 Å². The molecule has 2 N–H and O–H groups in total. The number of rotatable bonds is 14. The van der Waals surface area contributed by atoms with Crippen LogP contribution in [0.15, 0.2) is 53.1 Å². The minimum Gasteiger partial charge on any atom is -0.382 e. The predicted octanol–water partition coefficient (Wildman–Crippen LogP) is 8.52. The summed E-state index contributed by atoms with van der Waals surface area (Å²) in [6.45, 7) is 30.3. The molecule has 4 nitrogen and oxygen atoms in total. The predicted molar refractivity (Wildman–Crippen MR) is 155 cm³/mol. The molecule has 0 aromatic rings. The summed E-state index contributed by atoms with van der Waals surface area (Å²) in [6, 6.07) is 2.71. The molecular weight excluding hydrogens is 428 g/mol. The van der Waals surface area contributed by atoms with Gasteiger partial charge in [0.15, 0.2) is 0 Å². The number of aliphatic imine (C=N–C) groups is 1. The van der Waals surface area contributed by atoms with Crippen LogP contribution in [0.4, 0.5) is 0 Å². The lowest BCUT2D eigenvalue weighted by molar-refractivity contribution is 0.230. The summed E-state index contributed by atoms with van der Waals surface area (Å²) in [6.07, 6.45) is 11.0. The lowest BCUT2D eigenvalue weighted by Gasteiger charge is -2.32. The monoisotopic (exact) mass is 482 g/mol. The highest BCUT2D eigenvalue weighted by atomic mass is 15.0. The quantitative estimate of drug-likeness (QED) is 0.193. The maximum Gasteiger partial charge on any atom is 0.0948 e. The SMILES string of the molecule is C=C(/C=C\C(C(C)C)C(C)(C)C)NC(C)C(C)/C(=C\C)N/C(C)=C/N=C(C)[C@@](C#N)(CC)CCC. The Morgan fingerprint density at radius 2 is 1.71 bits per heavy atom. The van der Waals surface area contributed by atoms with Crippen molar-refractivity contribution in [3.8, 4) is 6.07 Å². The van der Waals surface area contributed by atoms with Gasteiger partial charge in [-0.15, -0.1) is 0 Å². The van der Waals surface area contributed by atoms with Crippen molar-refractivity contribution in [2.75, 3.05) is 0 Å². The number of allylic oxidation sites excluding steroid dienone is 4. The van der Waals surface area contributed by atoms with Gasteiger partial charge < -0.3 is 10.6 Å². The van der Waals surface area contributed by atoms with Gasteiger partial charge in [0, 0.05) is 41.0 Å². The van der Waals surface area contributed by atoms with E-state index >= 15 is 0 Å². The minimum atomic E-state index is -0.476. The van der Waals surface area contributed by atoms with E-state index in [-0.39, 0.29) is 17.4 Å². The highest BCUT2D eigenvalue weighted by Gasteiger charge is 2.30. The van der Waals surface area contributed by atoms with Crippen LogP contribution in [0.1, 0.15) is 102 Å². The molecule has 0 fully saturated rings. The normalized spacial score (nSPS) is 18.1. The molecule has 0 spiro atoms. The van der Waals surface area contributed by atoms with Crippen molar-refractivity contribution in [3.63, 3.8) is 0 Å². The van der Waals surface area contributed by atoms with Gasteiger partial charge in [0.2, 0.25) is 0 Å². The lowest BCUT2D eigenvalue weighted by atomic mass is 9.74. The van der Waals surface area contributed by atoms with E-state index in [4.69, 9.17) is 0 Å². The largest absolute Gasteiger partial charge is 0.382 e. The van der Waals surface area contributed by atoms with Crippen molar-refractivity contribution in [2.45, 2.75) is 108 Å². The summed E-state index contributed by atoms with van der Waals surface area (Å²) in [5, 5.41) is 16.9. The van der Waals surface area contributed by atoms with E-state index in [1.165, 1.54) is 0 Å². The number of nitrogens with zero attached hydrogens (tertiary/aromatic N) is 2. The van der Waals surface area contributed by atoms with Gasteiger partial charge in [0.25, 0.3) is 0 Å². The van der Waals surface area contributed by atoms with Crippen LogP contribution >= 0.6 is 0 Å². The Kier molecular flexibility index (Phi) is 14.0. The molecule has 0 aliphatic heterocycles. The van der Waals surface area contributed by atoms with Crippen LogP contribution in [0.2, 0.25) is 0 Å². The van der Waals surface area contributed by atoms with Gasteiger partial charge in [-0.3, -0.25) is 4.99 Å². The van der Waals surface area contributed by atoms with E-state index < -0.39 is 5.41 Å². The molecule has 0 radical (unpaired) electrons. The van der Waals surface area contributed by atoms with Crippen LogP contribution < -0.4 is 10.6 Å². The molecule has 4 atom stereocenters. The van der Waals surface area contributed by atoms with Crippen molar-refractivity contribution in [1.29, 1.82) is 5.26 Å². The zero-order valence-corrected chi connectivity index (χ0v) is 24.8. The zero-order chi connectivity index (χ0) is 27.4. The van der Waals surface area contributed by atoms with Gasteiger partial charge in [0.05, 0.1) is 11.5 Å². The highest BCUT2D eigenvalue weighted by Crippen LogP contribution is 2.33. The molecule has 0 saturated carbocycles. The zero-order valence-electron chi connectivity index (χ0n) is 24.8. The van der Waals surface area contributed by atoms with E-state index in [1.807, 2.05) is 20.0 Å². The number of nitriles is 1. The van der Waals surface area contributed by atoms with Gasteiger partial charge in [-0.1, -0.05) is 80.5 Å². The Bertz CT molecular complexity index is 829. The van der Waals surface area contributed by atoms with E-state index in [1.54, 1.807) is 0 Å². The first kappa shape index (κ1) is 32.7. The molecule has 0 heterocycles. The van der Waals surface area contributed by atoms with Crippen LogP contribution in [0.5, 0.6) is 0 Å². The molecule has 3 unspecified atom stereocenters. The van der Waals surface area contributed by atoms with Gasteiger partial charge >= 0.3 is 0 Å². The van der Waals surface area contributed by atoms with Gasteiger partial charge in [-0.05, 0) is 63.9 Å². The molecule has 0 aromatic heterocycles. The maximum absolute atomic E-state index is 9.77. The lowest BCUT2D eigenvalue weighted by Crippen LogP contribution is -2.35. The van der Waals surface area contributed by atoms with Crippen molar-refractivity contribution < 1.29 is 0 Å². The summed E-state index contributed by atoms with van der Waals surface area (Å²) in [7, 11) is 0. The molecule has 35 heavy (non-hydrogen) atoms. The van der Waals surface area contributed by atoms with Crippen LogP contribution in [0, 0.1) is 39.9 Å². The average Bonchev–Trinajstić information content (AvgIpc) is 2.77. The standard InChI is InChI=1S/C31H54N4/c1-14-19-31(16-3,21-32)27(10)33-20-24(7)35-29(15-2)25(8)26(9)34-23(6)17-18-28(22(4)5)30(11,12)13/h15,17-18,20,22,25-26,28,34-35H,6,14,16,19H2,1-5,7-13H3/b18-17-,24-20+,29-15+,33-27?/t25?,26?,28?,31-/m0/s1.